The summed E-state index contributed by atoms with van der Waals surface area (Å²) in [6.07, 6.45) is 0. The molecule has 1 rings (SSSR count). The second-order valence-electron chi connectivity index (χ2n) is 1.82. The summed E-state index contributed by atoms with van der Waals surface area (Å²) in [6, 6.07) is 1.28. The van der Waals surface area contributed by atoms with Crippen molar-refractivity contribution in [3.8, 4) is 0 Å². The van der Waals surface area contributed by atoms with Crippen molar-refractivity contribution in [2.75, 3.05) is 0 Å². The molecule has 1 aromatic rings. The highest BCUT2D eigenvalue weighted by Gasteiger charge is 2.10. The number of hydrogen-bond donors (Lipinski definition) is 1. The molecule has 1 aromatic heterocycles. The van der Waals surface area contributed by atoms with E-state index in [1.807, 2.05) is 0 Å². The average molecular weight is 161 g/mol. The second kappa shape index (κ2) is 2.34. The molecule has 0 radical (unpaired) electrons. The first kappa shape index (κ1) is 7.15. The maximum absolute atomic E-state index is 10.2. The summed E-state index contributed by atoms with van der Waals surface area (Å²) in [6.45, 7) is 1.61. The molecule has 0 spiro atoms. The molecule has 0 fully saturated rings. The number of furan rings is 1. The summed E-state index contributed by atoms with van der Waals surface area (Å²) in [5.41, 5.74) is 0. The van der Waals surface area contributed by atoms with Gasteiger partial charge >= 0.3 is 5.97 Å². The molecule has 0 aliphatic rings. The standard InChI is InChI=1S/C6H5ClO3/c1-3-4(7)2-5(10-3)6(8)9/h2H,1H3,(H,8,9). The zero-order valence-corrected chi connectivity index (χ0v) is 5.97. The number of rotatable bonds is 1. The van der Waals surface area contributed by atoms with Gasteiger partial charge in [0, 0.05) is 6.07 Å². The van der Waals surface area contributed by atoms with E-state index in [-0.39, 0.29) is 5.76 Å². The van der Waals surface area contributed by atoms with Gasteiger partial charge in [-0.25, -0.2) is 4.79 Å². The normalized spacial score (nSPS) is 9.80. The lowest BCUT2D eigenvalue weighted by Gasteiger charge is -1.82. The minimum Gasteiger partial charge on any atom is -0.475 e. The van der Waals surface area contributed by atoms with Crippen LogP contribution in [0.3, 0.4) is 0 Å². The SMILES string of the molecule is Cc1oc(C(=O)O)cc1Cl. The molecule has 54 valence electrons. The van der Waals surface area contributed by atoms with Crippen LogP contribution in [0.5, 0.6) is 0 Å². The van der Waals surface area contributed by atoms with Gasteiger partial charge < -0.3 is 9.52 Å². The molecule has 0 atom stereocenters. The van der Waals surface area contributed by atoms with Crippen LogP contribution in [-0.2, 0) is 0 Å². The van der Waals surface area contributed by atoms with Crippen molar-refractivity contribution in [1.82, 2.24) is 0 Å². The average Bonchev–Trinajstić information content (AvgIpc) is 2.13. The maximum atomic E-state index is 10.2. The Bertz CT molecular complexity index is 244. The van der Waals surface area contributed by atoms with E-state index in [9.17, 15) is 4.79 Å². The summed E-state index contributed by atoms with van der Waals surface area (Å²) in [7, 11) is 0. The summed E-state index contributed by atoms with van der Waals surface area (Å²) in [5, 5.41) is 8.72. The van der Waals surface area contributed by atoms with Gasteiger partial charge in [-0.05, 0) is 6.92 Å². The minimum absolute atomic E-state index is 0.123. The Labute approximate surface area is 62.2 Å². The molecule has 0 amide bonds. The minimum atomic E-state index is -1.10. The summed E-state index contributed by atoms with van der Waals surface area (Å²) in [4.78, 5) is 10.2. The molecule has 0 bridgehead atoms. The van der Waals surface area contributed by atoms with E-state index >= 15 is 0 Å². The first-order valence-electron chi connectivity index (χ1n) is 2.60. The predicted octanol–water partition coefficient (Wildman–Crippen LogP) is 1.94. The van der Waals surface area contributed by atoms with Crippen LogP contribution in [0.4, 0.5) is 0 Å². The number of hydrogen-bond acceptors (Lipinski definition) is 2. The lowest BCUT2D eigenvalue weighted by Crippen LogP contribution is -1.91. The smallest absolute Gasteiger partial charge is 0.371 e. The molecule has 0 unspecified atom stereocenters. The molecular weight excluding hydrogens is 156 g/mol. The van der Waals surface area contributed by atoms with Crippen molar-refractivity contribution in [3.63, 3.8) is 0 Å². The quantitative estimate of drug-likeness (QED) is 0.683. The number of aromatic carboxylic acids is 1. The van der Waals surface area contributed by atoms with E-state index < -0.39 is 5.97 Å². The molecule has 0 saturated heterocycles. The van der Waals surface area contributed by atoms with Crippen LogP contribution in [0.1, 0.15) is 16.3 Å². The highest BCUT2D eigenvalue weighted by Crippen LogP contribution is 2.19. The van der Waals surface area contributed by atoms with Crippen LogP contribution in [0.25, 0.3) is 0 Å². The number of carbonyl (C=O) groups is 1. The third kappa shape index (κ3) is 1.14. The molecule has 0 saturated carbocycles. The van der Waals surface area contributed by atoms with Crippen LogP contribution in [-0.4, -0.2) is 11.1 Å². The molecule has 0 aliphatic heterocycles. The fourth-order valence-corrected chi connectivity index (χ4v) is 0.703. The topological polar surface area (TPSA) is 50.4 Å². The van der Waals surface area contributed by atoms with E-state index in [1.54, 1.807) is 6.92 Å². The van der Waals surface area contributed by atoms with Crippen LogP contribution < -0.4 is 0 Å². The third-order valence-electron chi connectivity index (χ3n) is 1.07. The van der Waals surface area contributed by atoms with Crippen molar-refractivity contribution in [2.45, 2.75) is 6.92 Å². The van der Waals surface area contributed by atoms with Crippen LogP contribution in [0.2, 0.25) is 5.02 Å². The van der Waals surface area contributed by atoms with Crippen LogP contribution in [0.15, 0.2) is 10.5 Å². The summed E-state index contributed by atoms with van der Waals surface area (Å²) < 4.78 is 4.74. The van der Waals surface area contributed by atoms with Crippen molar-refractivity contribution in [2.24, 2.45) is 0 Å². The Kier molecular flexibility index (Phi) is 1.68. The monoisotopic (exact) mass is 160 g/mol. The lowest BCUT2D eigenvalue weighted by molar-refractivity contribution is 0.0661. The predicted molar refractivity (Wildman–Crippen MR) is 35.4 cm³/mol. The summed E-state index contributed by atoms with van der Waals surface area (Å²) in [5.74, 6) is -0.795. The van der Waals surface area contributed by atoms with E-state index in [2.05, 4.69) is 0 Å². The molecule has 10 heavy (non-hydrogen) atoms. The molecular formula is C6H5ClO3. The summed E-state index contributed by atoms with van der Waals surface area (Å²) >= 11 is 5.52. The van der Waals surface area contributed by atoms with E-state index in [0.717, 1.165) is 0 Å². The lowest BCUT2D eigenvalue weighted by atomic mass is 10.4. The molecule has 3 nitrogen and oxygen atoms in total. The first-order chi connectivity index (χ1) is 4.61. The van der Waals surface area contributed by atoms with Crippen LogP contribution in [0, 0.1) is 6.92 Å². The molecule has 1 heterocycles. The fraction of sp³-hybridized carbons (Fsp3) is 0.167. The van der Waals surface area contributed by atoms with E-state index in [4.69, 9.17) is 21.1 Å². The third-order valence-corrected chi connectivity index (χ3v) is 1.44. The van der Waals surface area contributed by atoms with Gasteiger partial charge in [-0.15, -0.1) is 0 Å². The molecule has 1 N–H and O–H groups in total. The molecule has 0 aliphatic carbocycles. The van der Waals surface area contributed by atoms with Crippen molar-refractivity contribution in [3.05, 3.63) is 22.6 Å². The fourth-order valence-electron chi connectivity index (χ4n) is 0.565. The van der Waals surface area contributed by atoms with Crippen molar-refractivity contribution >= 4 is 17.6 Å². The Hall–Kier alpha value is -0.960. The Balaban J connectivity index is 3.10. The number of halogens is 1. The van der Waals surface area contributed by atoms with Gasteiger partial charge in [0.05, 0.1) is 5.02 Å². The molecule has 0 aromatic carbocycles. The van der Waals surface area contributed by atoms with E-state index in [0.29, 0.717) is 10.8 Å². The first-order valence-corrected chi connectivity index (χ1v) is 2.98. The van der Waals surface area contributed by atoms with Gasteiger partial charge in [-0.3, -0.25) is 0 Å². The highest BCUT2D eigenvalue weighted by molar-refractivity contribution is 6.31. The van der Waals surface area contributed by atoms with Crippen molar-refractivity contribution in [1.29, 1.82) is 0 Å². The van der Waals surface area contributed by atoms with E-state index in [1.165, 1.54) is 6.07 Å². The van der Waals surface area contributed by atoms with Gasteiger partial charge in [0.1, 0.15) is 5.76 Å². The number of aryl methyl sites for hydroxylation is 1. The zero-order valence-electron chi connectivity index (χ0n) is 5.22. The second-order valence-corrected chi connectivity index (χ2v) is 2.23. The van der Waals surface area contributed by atoms with Gasteiger partial charge in [-0.2, -0.15) is 0 Å². The number of carboxylic acid groups (broad SMARTS) is 1. The zero-order chi connectivity index (χ0) is 7.72. The van der Waals surface area contributed by atoms with Gasteiger partial charge in [-0.1, -0.05) is 11.6 Å². The van der Waals surface area contributed by atoms with Gasteiger partial charge in [0.25, 0.3) is 0 Å². The Morgan fingerprint density at radius 2 is 2.40 bits per heavy atom. The highest BCUT2D eigenvalue weighted by atomic mass is 35.5. The largest absolute Gasteiger partial charge is 0.475 e. The molecule has 4 heteroatoms. The van der Waals surface area contributed by atoms with Gasteiger partial charge in [0.2, 0.25) is 5.76 Å². The Morgan fingerprint density at radius 1 is 1.80 bits per heavy atom. The van der Waals surface area contributed by atoms with Crippen LogP contribution >= 0.6 is 11.6 Å². The maximum Gasteiger partial charge on any atom is 0.371 e. The van der Waals surface area contributed by atoms with Crippen molar-refractivity contribution < 1.29 is 14.3 Å². The van der Waals surface area contributed by atoms with Gasteiger partial charge in [0.15, 0.2) is 0 Å². The Morgan fingerprint density at radius 3 is 2.60 bits per heavy atom. The number of carboxylic acids is 1.